The monoisotopic (exact) mass is 336 g/mol. The Labute approximate surface area is 179 Å². The molecule has 0 aliphatic rings. The predicted octanol–water partition coefficient (Wildman–Crippen LogP) is 0.749. The Balaban J connectivity index is 0. The SMILES string of the molecule is CCC(O)CCC/C=C/CCCCCCCCCC(=O)[O-].[K+]. The van der Waals surface area contributed by atoms with Crippen LogP contribution in [0.25, 0.3) is 0 Å². The third kappa shape index (κ3) is 20.8. The standard InChI is InChI=1S/C18H34O3.K/c1-2-17(19)15-13-11-9-7-5-3-4-6-8-10-12-14-16-18(20)21;/h7,9,17,19H,2-6,8,10-16H2,1H3,(H,20,21);/q;+1/p-1/b9-7+;. The molecular formula is C18H33KO3. The van der Waals surface area contributed by atoms with Crippen LogP contribution in [0.1, 0.15) is 90.4 Å². The van der Waals surface area contributed by atoms with Gasteiger partial charge >= 0.3 is 51.4 Å². The van der Waals surface area contributed by atoms with E-state index < -0.39 is 5.97 Å². The summed E-state index contributed by atoms with van der Waals surface area (Å²) < 4.78 is 0. The van der Waals surface area contributed by atoms with E-state index in [1.54, 1.807) is 0 Å². The quantitative estimate of drug-likeness (QED) is 0.273. The second-order valence-electron chi connectivity index (χ2n) is 5.85. The van der Waals surface area contributed by atoms with E-state index in [2.05, 4.69) is 12.2 Å². The molecule has 0 aromatic rings. The molecule has 0 bridgehead atoms. The predicted molar refractivity (Wildman–Crippen MR) is 85.8 cm³/mol. The first-order valence-electron chi connectivity index (χ1n) is 8.69. The van der Waals surface area contributed by atoms with Crippen molar-refractivity contribution < 1.29 is 66.4 Å². The molecule has 3 nitrogen and oxygen atoms in total. The second-order valence-corrected chi connectivity index (χ2v) is 5.85. The van der Waals surface area contributed by atoms with E-state index in [1.807, 2.05) is 6.92 Å². The van der Waals surface area contributed by atoms with E-state index in [4.69, 9.17) is 0 Å². The van der Waals surface area contributed by atoms with Gasteiger partial charge in [0.2, 0.25) is 0 Å². The Morgan fingerprint density at radius 2 is 1.45 bits per heavy atom. The Morgan fingerprint density at radius 1 is 0.955 bits per heavy atom. The van der Waals surface area contributed by atoms with Gasteiger partial charge in [-0.3, -0.25) is 0 Å². The molecule has 0 rings (SSSR count). The second kappa shape index (κ2) is 19.9. The molecule has 0 saturated carbocycles. The summed E-state index contributed by atoms with van der Waals surface area (Å²) in [4.78, 5) is 10.2. The molecule has 0 spiro atoms. The molecule has 0 aromatic heterocycles. The van der Waals surface area contributed by atoms with Gasteiger partial charge in [0.1, 0.15) is 0 Å². The van der Waals surface area contributed by atoms with Gasteiger partial charge in [0.05, 0.1) is 6.10 Å². The molecule has 0 aromatic carbocycles. The summed E-state index contributed by atoms with van der Waals surface area (Å²) in [6.07, 6.45) is 17.6. The zero-order valence-corrected chi connectivity index (χ0v) is 17.8. The number of carboxylic acids is 1. The van der Waals surface area contributed by atoms with Crippen molar-refractivity contribution in [2.24, 2.45) is 0 Å². The summed E-state index contributed by atoms with van der Waals surface area (Å²) in [5, 5.41) is 19.6. The maximum absolute atomic E-state index is 10.2. The number of aliphatic hydroxyl groups excluding tert-OH is 1. The van der Waals surface area contributed by atoms with Gasteiger partial charge in [-0.25, -0.2) is 0 Å². The smallest absolute Gasteiger partial charge is 0.550 e. The number of unbranched alkanes of at least 4 members (excludes halogenated alkanes) is 8. The van der Waals surface area contributed by atoms with Crippen molar-refractivity contribution in [1.29, 1.82) is 0 Å². The number of allylic oxidation sites excluding steroid dienone is 2. The number of carboxylic acid groups (broad SMARTS) is 1. The summed E-state index contributed by atoms with van der Waals surface area (Å²) in [5.41, 5.74) is 0. The Kier molecular flexibility index (Phi) is 22.6. The van der Waals surface area contributed by atoms with E-state index in [1.165, 1.54) is 25.7 Å². The number of carbonyl (C=O) groups is 1. The molecule has 0 radical (unpaired) electrons. The first-order valence-corrected chi connectivity index (χ1v) is 8.69. The Bertz CT molecular complexity index is 267. The van der Waals surface area contributed by atoms with E-state index in [-0.39, 0.29) is 63.9 Å². The molecule has 124 valence electrons. The van der Waals surface area contributed by atoms with Gasteiger partial charge in [-0.2, -0.15) is 0 Å². The minimum atomic E-state index is -0.925. The molecule has 0 saturated heterocycles. The van der Waals surface area contributed by atoms with Gasteiger partial charge in [0.15, 0.2) is 0 Å². The molecule has 0 fully saturated rings. The number of aliphatic hydroxyl groups is 1. The van der Waals surface area contributed by atoms with Gasteiger partial charge in [-0.05, 0) is 51.4 Å². The molecular weight excluding hydrogens is 303 g/mol. The fourth-order valence-electron chi connectivity index (χ4n) is 2.33. The average Bonchev–Trinajstić information content (AvgIpc) is 2.46. The van der Waals surface area contributed by atoms with Crippen molar-refractivity contribution in [3.63, 3.8) is 0 Å². The van der Waals surface area contributed by atoms with Crippen molar-refractivity contribution in [2.45, 2.75) is 96.5 Å². The third-order valence-electron chi connectivity index (χ3n) is 3.80. The zero-order chi connectivity index (χ0) is 15.8. The van der Waals surface area contributed by atoms with Crippen LogP contribution in [0.4, 0.5) is 0 Å². The first-order chi connectivity index (χ1) is 10.2. The fraction of sp³-hybridized carbons (Fsp3) is 0.833. The van der Waals surface area contributed by atoms with Gasteiger partial charge in [0.25, 0.3) is 0 Å². The molecule has 0 aliphatic heterocycles. The van der Waals surface area contributed by atoms with Crippen LogP contribution in [0, 0.1) is 0 Å². The molecule has 0 aliphatic carbocycles. The van der Waals surface area contributed by atoms with Crippen LogP contribution in [-0.2, 0) is 4.79 Å². The minimum absolute atomic E-state index is 0. The molecule has 0 heterocycles. The minimum Gasteiger partial charge on any atom is -0.550 e. The topological polar surface area (TPSA) is 60.4 Å². The third-order valence-corrected chi connectivity index (χ3v) is 3.80. The normalized spacial score (nSPS) is 12.3. The van der Waals surface area contributed by atoms with Crippen LogP contribution in [-0.4, -0.2) is 17.2 Å². The van der Waals surface area contributed by atoms with Crippen LogP contribution in [0.15, 0.2) is 12.2 Å². The van der Waals surface area contributed by atoms with Gasteiger partial charge in [0, 0.05) is 5.97 Å². The Morgan fingerprint density at radius 3 is 2.00 bits per heavy atom. The molecule has 1 unspecified atom stereocenters. The molecule has 4 heteroatoms. The summed E-state index contributed by atoms with van der Waals surface area (Å²) >= 11 is 0. The van der Waals surface area contributed by atoms with Crippen molar-refractivity contribution in [3.05, 3.63) is 12.2 Å². The largest absolute Gasteiger partial charge is 1.00 e. The average molecular weight is 337 g/mol. The number of hydrogen-bond acceptors (Lipinski definition) is 3. The first kappa shape index (κ1) is 25.1. The Hall–Kier alpha value is 0.806. The molecule has 1 N–H and O–H groups in total. The van der Waals surface area contributed by atoms with Crippen LogP contribution in [0.2, 0.25) is 0 Å². The van der Waals surface area contributed by atoms with E-state index in [0.29, 0.717) is 0 Å². The zero-order valence-electron chi connectivity index (χ0n) is 14.7. The van der Waals surface area contributed by atoms with E-state index >= 15 is 0 Å². The van der Waals surface area contributed by atoms with Crippen LogP contribution in [0.5, 0.6) is 0 Å². The number of hydrogen-bond donors (Lipinski definition) is 1. The summed E-state index contributed by atoms with van der Waals surface area (Å²) in [5.74, 6) is -0.925. The maximum Gasteiger partial charge on any atom is 1.00 e. The van der Waals surface area contributed by atoms with Gasteiger partial charge in [-0.15, -0.1) is 0 Å². The van der Waals surface area contributed by atoms with Crippen molar-refractivity contribution >= 4 is 5.97 Å². The van der Waals surface area contributed by atoms with E-state index in [9.17, 15) is 15.0 Å². The fourth-order valence-corrected chi connectivity index (χ4v) is 2.33. The van der Waals surface area contributed by atoms with E-state index in [0.717, 1.165) is 51.4 Å². The molecule has 1 atom stereocenters. The number of carbonyl (C=O) groups excluding carboxylic acids is 1. The summed E-state index contributed by atoms with van der Waals surface area (Å²) in [6.45, 7) is 2.02. The van der Waals surface area contributed by atoms with Crippen molar-refractivity contribution in [1.82, 2.24) is 0 Å². The number of rotatable bonds is 15. The molecule has 0 amide bonds. The van der Waals surface area contributed by atoms with Crippen LogP contribution >= 0.6 is 0 Å². The van der Waals surface area contributed by atoms with Gasteiger partial charge in [-0.1, -0.05) is 51.2 Å². The maximum atomic E-state index is 10.2. The number of aliphatic carboxylic acids is 1. The van der Waals surface area contributed by atoms with Crippen LogP contribution < -0.4 is 56.5 Å². The summed E-state index contributed by atoms with van der Waals surface area (Å²) in [6, 6.07) is 0. The van der Waals surface area contributed by atoms with Crippen molar-refractivity contribution in [2.75, 3.05) is 0 Å². The van der Waals surface area contributed by atoms with Gasteiger partial charge < -0.3 is 15.0 Å². The van der Waals surface area contributed by atoms with Crippen LogP contribution in [0.3, 0.4) is 0 Å². The summed E-state index contributed by atoms with van der Waals surface area (Å²) in [7, 11) is 0. The molecule has 22 heavy (non-hydrogen) atoms. The van der Waals surface area contributed by atoms with Crippen molar-refractivity contribution in [3.8, 4) is 0 Å².